The van der Waals surface area contributed by atoms with Crippen LogP contribution in [0.2, 0.25) is 0 Å². The van der Waals surface area contributed by atoms with E-state index in [0.717, 1.165) is 122 Å². The van der Waals surface area contributed by atoms with E-state index >= 15 is 0 Å². The van der Waals surface area contributed by atoms with Crippen molar-refractivity contribution in [3.63, 3.8) is 0 Å². The van der Waals surface area contributed by atoms with Crippen LogP contribution in [0.1, 0.15) is 113 Å². The molecule has 0 spiro atoms. The lowest BCUT2D eigenvalue weighted by molar-refractivity contribution is -0.136. The van der Waals surface area contributed by atoms with Gasteiger partial charge in [-0.05, 0) is 135 Å². The minimum atomic E-state index is -0.959. The molecule has 330 valence electrons. The number of carbonyl (C=O) groups is 4. The number of hydrogen-bond donors (Lipinski definition) is 1. The van der Waals surface area contributed by atoms with Crippen LogP contribution in [0, 0.1) is 24.2 Å². The van der Waals surface area contributed by atoms with Crippen molar-refractivity contribution in [1.82, 2.24) is 30.0 Å². The molecule has 4 aromatic rings. The van der Waals surface area contributed by atoms with Gasteiger partial charge in [-0.15, -0.1) is 0 Å². The van der Waals surface area contributed by atoms with Gasteiger partial charge in [0, 0.05) is 62.5 Å². The van der Waals surface area contributed by atoms with Gasteiger partial charge in [0.2, 0.25) is 11.8 Å². The SMILES string of the molecule is Cc1cc(C#N)cc(C(C)(C)c2ccc(OCc3ccnc(C4=CCN(C5CCN(CC6CCN(c7ccc8c(c7)C(=O)N(C7CCC(=O)NC7=O)C8=O)CC6)CC5)CC4)n3)cc2)c1. The van der Waals surface area contributed by atoms with Gasteiger partial charge in [0.05, 0.1) is 28.5 Å². The van der Waals surface area contributed by atoms with Gasteiger partial charge in [-0.25, -0.2) is 9.97 Å². The number of aromatic nitrogens is 2. The largest absolute Gasteiger partial charge is 0.487 e. The van der Waals surface area contributed by atoms with Crippen LogP contribution < -0.4 is 15.0 Å². The summed E-state index contributed by atoms with van der Waals surface area (Å²) in [5.74, 6) is 0.258. The molecule has 5 aliphatic heterocycles. The third-order valence-corrected chi connectivity index (χ3v) is 14.1. The van der Waals surface area contributed by atoms with E-state index in [9.17, 15) is 24.4 Å². The highest BCUT2D eigenvalue weighted by molar-refractivity contribution is 6.23. The second kappa shape index (κ2) is 18.1. The Bertz CT molecular complexity index is 2530. The van der Waals surface area contributed by atoms with E-state index in [-0.39, 0.29) is 24.2 Å². The lowest BCUT2D eigenvalue weighted by Crippen LogP contribution is -2.54. The summed E-state index contributed by atoms with van der Waals surface area (Å²) in [6, 6.07) is 23.5. The molecule has 0 bridgehead atoms. The number of nitriles is 1. The van der Waals surface area contributed by atoms with Crippen LogP contribution in [-0.2, 0) is 21.6 Å². The van der Waals surface area contributed by atoms with Crippen LogP contribution in [0.4, 0.5) is 5.69 Å². The van der Waals surface area contributed by atoms with Crippen molar-refractivity contribution >= 4 is 34.9 Å². The Morgan fingerprint density at radius 3 is 2.31 bits per heavy atom. The summed E-state index contributed by atoms with van der Waals surface area (Å²) in [6.45, 7) is 13.7. The van der Waals surface area contributed by atoms with E-state index in [2.05, 4.69) is 69.2 Å². The summed E-state index contributed by atoms with van der Waals surface area (Å²) in [4.78, 5) is 68.8. The summed E-state index contributed by atoms with van der Waals surface area (Å²) in [5, 5.41) is 11.7. The van der Waals surface area contributed by atoms with E-state index < -0.39 is 23.8 Å². The van der Waals surface area contributed by atoms with Crippen molar-refractivity contribution in [2.45, 2.75) is 89.8 Å². The molecule has 4 amide bonds. The fourth-order valence-corrected chi connectivity index (χ4v) is 10.2. The van der Waals surface area contributed by atoms with Crippen LogP contribution in [0.15, 0.2) is 79.0 Å². The summed E-state index contributed by atoms with van der Waals surface area (Å²) in [5.41, 5.74) is 7.35. The zero-order valence-corrected chi connectivity index (χ0v) is 37.0. The zero-order chi connectivity index (χ0) is 44.5. The van der Waals surface area contributed by atoms with Crippen molar-refractivity contribution in [2.75, 3.05) is 50.7 Å². The maximum atomic E-state index is 13.4. The minimum Gasteiger partial charge on any atom is -0.487 e. The molecule has 0 saturated carbocycles. The number of nitrogens with one attached hydrogen (secondary N) is 1. The molecule has 1 N–H and O–H groups in total. The summed E-state index contributed by atoms with van der Waals surface area (Å²) >= 11 is 0. The van der Waals surface area contributed by atoms with E-state index in [1.165, 1.54) is 5.57 Å². The van der Waals surface area contributed by atoms with Gasteiger partial charge in [0.1, 0.15) is 18.4 Å². The Morgan fingerprint density at radius 1 is 0.828 bits per heavy atom. The first-order chi connectivity index (χ1) is 30.9. The van der Waals surface area contributed by atoms with Crippen LogP contribution in [0.5, 0.6) is 5.75 Å². The predicted molar refractivity (Wildman–Crippen MR) is 243 cm³/mol. The van der Waals surface area contributed by atoms with E-state index in [1.54, 1.807) is 12.1 Å². The van der Waals surface area contributed by atoms with Crippen LogP contribution in [0.25, 0.3) is 5.57 Å². The fraction of sp³-hybridized carbons (Fsp3) is 0.431. The Labute approximate surface area is 375 Å². The molecule has 1 aromatic heterocycles. The van der Waals surface area contributed by atoms with Crippen LogP contribution in [-0.4, -0.2) is 106 Å². The molecule has 3 fully saturated rings. The smallest absolute Gasteiger partial charge is 0.262 e. The number of likely N-dealkylation sites (tertiary alicyclic amines) is 1. The number of piperidine rings is 3. The molecular weight excluding hydrogens is 805 g/mol. The first-order valence-electron chi connectivity index (χ1n) is 22.8. The van der Waals surface area contributed by atoms with Gasteiger partial charge in [0.15, 0.2) is 5.82 Å². The number of rotatable bonds is 11. The van der Waals surface area contributed by atoms with E-state index in [1.807, 2.05) is 49.5 Å². The predicted octanol–water partition coefficient (Wildman–Crippen LogP) is 6.43. The first kappa shape index (κ1) is 43.0. The molecule has 0 radical (unpaired) electrons. The van der Waals surface area contributed by atoms with E-state index in [4.69, 9.17) is 9.72 Å². The van der Waals surface area contributed by atoms with Gasteiger partial charge >= 0.3 is 0 Å². The van der Waals surface area contributed by atoms with Gasteiger partial charge in [0.25, 0.3) is 11.8 Å². The Morgan fingerprint density at radius 2 is 1.59 bits per heavy atom. The Balaban J connectivity index is 0.712. The second-order valence-corrected chi connectivity index (χ2v) is 18.6. The monoisotopic (exact) mass is 860 g/mol. The number of amides is 4. The molecular formula is C51H56N8O5. The average molecular weight is 861 g/mol. The molecule has 13 nitrogen and oxygen atoms in total. The molecule has 13 heteroatoms. The summed E-state index contributed by atoms with van der Waals surface area (Å²) < 4.78 is 6.18. The third-order valence-electron chi connectivity index (χ3n) is 14.1. The zero-order valence-electron chi connectivity index (χ0n) is 37.0. The Kier molecular flexibility index (Phi) is 12.2. The molecule has 1 unspecified atom stereocenters. The average Bonchev–Trinajstić information content (AvgIpc) is 3.56. The molecule has 64 heavy (non-hydrogen) atoms. The summed E-state index contributed by atoms with van der Waals surface area (Å²) in [6.07, 6.45) is 9.76. The van der Waals surface area contributed by atoms with E-state index in [0.29, 0.717) is 35.3 Å². The highest BCUT2D eigenvalue weighted by Crippen LogP contribution is 2.35. The van der Waals surface area contributed by atoms with Crippen LogP contribution >= 0.6 is 0 Å². The van der Waals surface area contributed by atoms with Crippen molar-refractivity contribution in [3.05, 3.63) is 124 Å². The van der Waals surface area contributed by atoms with Gasteiger partial charge in [-0.1, -0.05) is 38.1 Å². The normalized spacial score (nSPS) is 20.5. The molecule has 1 atom stereocenters. The number of ether oxygens (including phenoxy) is 1. The van der Waals surface area contributed by atoms with Gasteiger partial charge < -0.3 is 14.5 Å². The number of aryl methyl sites for hydroxylation is 1. The molecule has 0 aliphatic carbocycles. The number of fused-ring (bicyclic) bond motifs is 1. The maximum Gasteiger partial charge on any atom is 0.262 e. The topological polar surface area (TPSA) is 152 Å². The number of nitrogens with zero attached hydrogens (tertiary/aromatic N) is 7. The lowest BCUT2D eigenvalue weighted by Gasteiger charge is -2.41. The number of anilines is 1. The quantitative estimate of drug-likeness (QED) is 0.166. The lowest BCUT2D eigenvalue weighted by atomic mass is 9.77. The molecule has 5 aliphatic rings. The number of benzene rings is 3. The molecule has 3 aromatic carbocycles. The fourth-order valence-electron chi connectivity index (χ4n) is 10.2. The highest BCUT2D eigenvalue weighted by Gasteiger charge is 2.45. The summed E-state index contributed by atoms with van der Waals surface area (Å²) in [7, 11) is 0. The van der Waals surface area contributed by atoms with Gasteiger partial charge in [-0.3, -0.25) is 34.3 Å². The maximum absolute atomic E-state index is 13.4. The van der Waals surface area contributed by atoms with Crippen molar-refractivity contribution in [1.29, 1.82) is 5.26 Å². The molecule has 3 saturated heterocycles. The molecule has 9 rings (SSSR count). The van der Waals surface area contributed by atoms with Crippen molar-refractivity contribution in [2.24, 2.45) is 5.92 Å². The minimum absolute atomic E-state index is 0.103. The van der Waals surface area contributed by atoms with Crippen LogP contribution in [0.3, 0.4) is 0 Å². The Hall–Kier alpha value is -6.23. The number of hydrogen-bond acceptors (Lipinski definition) is 11. The number of imide groups is 2. The standard InChI is InChI=1S/C51H56N8O5/c1-33-26-35(30-52)28-38(27-33)51(2,3)37-4-7-42(8-5-37)64-32-39-12-19-53-47(54-39)36-15-24-57(25-16-36)40-17-20-56(21-18-40)31-34-13-22-58(23-14-34)41-6-9-43-44(29-41)50(63)59(49(43)62)45-10-11-46(60)55-48(45)61/h4-9,12,15,19,26-29,34,40,45H,10-11,13-14,16-18,20-25,31-32H2,1-3H3,(H,55,60,61). The second-order valence-electron chi connectivity index (χ2n) is 18.6. The highest BCUT2D eigenvalue weighted by atomic mass is 16.5. The third kappa shape index (κ3) is 8.94. The van der Waals surface area contributed by atoms with Crippen molar-refractivity contribution in [3.8, 4) is 11.8 Å². The van der Waals surface area contributed by atoms with Gasteiger partial charge in [-0.2, -0.15) is 5.26 Å². The number of carbonyl (C=O) groups excluding carboxylic acids is 4. The van der Waals surface area contributed by atoms with Crippen molar-refractivity contribution < 1.29 is 23.9 Å². The molecule has 6 heterocycles. The first-order valence-corrected chi connectivity index (χ1v) is 22.8.